The van der Waals surface area contributed by atoms with Crippen molar-refractivity contribution in [2.24, 2.45) is 0 Å². The summed E-state index contributed by atoms with van der Waals surface area (Å²) in [4.78, 5) is 2.06. The summed E-state index contributed by atoms with van der Waals surface area (Å²) in [5, 5.41) is 12.2. The molecule has 3 nitrogen and oxygen atoms in total. The predicted octanol–water partition coefficient (Wildman–Crippen LogP) is 3.78. The molecule has 0 unspecified atom stereocenters. The zero-order chi connectivity index (χ0) is 15.7. The van der Waals surface area contributed by atoms with E-state index in [1.807, 2.05) is 44.4 Å². The lowest BCUT2D eigenvalue weighted by Crippen LogP contribution is -2.08. The molecule has 0 aliphatic carbocycles. The smallest absolute Gasteiger partial charge is 0.127 e. The van der Waals surface area contributed by atoms with Crippen LogP contribution in [-0.4, -0.2) is 19.2 Å². The van der Waals surface area contributed by atoms with Gasteiger partial charge >= 0.3 is 0 Å². The van der Waals surface area contributed by atoms with Gasteiger partial charge in [-0.3, -0.25) is 0 Å². The van der Waals surface area contributed by atoms with E-state index in [-0.39, 0.29) is 0 Å². The zero-order valence-electron chi connectivity index (χ0n) is 12.9. The van der Waals surface area contributed by atoms with Crippen molar-refractivity contribution in [3.63, 3.8) is 0 Å². The van der Waals surface area contributed by atoms with Crippen LogP contribution in [0.3, 0.4) is 0 Å². The Morgan fingerprint density at radius 3 is 2.23 bits per heavy atom. The molecule has 0 amide bonds. The summed E-state index contributed by atoms with van der Waals surface area (Å²) in [5.74, 6) is 0.321. The first-order chi connectivity index (χ1) is 10.6. The molecule has 0 fully saturated rings. The SMILES string of the molecule is CN(C)c1ccc(Cc2cc(N)c3ccccc3c2O)cc1. The largest absolute Gasteiger partial charge is 0.507 e. The van der Waals surface area contributed by atoms with E-state index in [0.717, 1.165) is 27.6 Å². The van der Waals surface area contributed by atoms with Gasteiger partial charge < -0.3 is 15.7 Å². The van der Waals surface area contributed by atoms with Crippen LogP contribution in [0.4, 0.5) is 11.4 Å². The molecule has 3 N–H and O–H groups in total. The lowest BCUT2D eigenvalue weighted by atomic mass is 9.98. The number of nitrogen functional groups attached to an aromatic ring is 1. The summed E-state index contributed by atoms with van der Waals surface area (Å²) >= 11 is 0. The van der Waals surface area contributed by atoms with Crippen molar-refractivity contribution in [2.45, 2.75) is 6.42 Å². The van der Waals surface area contributed by atoms with Gasteiger partial charge in [-0.05, 0) is 23.8 Å². The van der Waals surface area contributed by atoms with Gasteiger partial charge in [0.1, 0.15) is 5.75 Å². The predicted molar refractivity (Wildman–Crippen MR) is 93.6 cm³/mol. The molecule has 0 aliphatic heterocycles. The molecular weight excluding hydrogens is 272 g/mol. The fourth-order valence-electron chi connectivity index (χ4n) is 2.71. The molecule has 0 aromatic heterocycles. The van der Waals surface area contributed by atoms with Gasteiger partial charge in [-0.2, -0.15) is 0 Å². The third-order valence-electron chi connectivity index (χ3n) is 3.97. The summed E-state index contributed by atoms with van der Waals surface area (Å²) in [6, 6.07) is 17.9. The highest BCUT2D eigenvalue weighted by Gasteiger charge is 2.10. The molecular formula is C19H20N2O. The fraction of sp³-hybridized carbons (Fsp3) is 0.158. The number of nitrogens with zero attached hydrogens (tertiary/aromatic N) is 1. The van der Waals surface area contributed by atoms with Gasteiger partial charge in [0, 0.05) is 48.2 Å². The molecule has 3 heteroatoms. The first-order valence-electron chi connectivity index (χ1n) is 7.31. The van der Waals surface area contributed by atoms with E-state index in [1.54, 1.807) is 0 Å². The topological polar surface area (TPSA) is 49.5 Å². The third kappa shape index (κ3) is 2.58. The van der Waals surface area contributed by atoms with E-state index >= 15 is 0 Å². The lowest BCUT2D eigenvalue weighted by molar-refractivity contribution is 0.476. The van der Waals surface area contributed by atoms with Gasteiger partial charge in [0.15, 0.2) is 0 Å². The van der Waals surface area contributed by atoms with Gasteiger partial charge in [-0.1, -0.05) is 36.4 Å². The van der Waals surface area contributed by atoms with Crippen LogP contribution >= 0.6 is 0 Å². The molecule has 0 aliphatic rings. The van der Waals surface area contributed by atoms with Crippen LogP contribution in [0, 0.1) is 0 Å². The zero-order valence-corrected chi connectivity index (χ0v) is 12.9. The molecule has 3 aromatic carbocycles. The average Bonchev–Trinajstić information content (AvgIpc) is 2.53. The molecule has 0 saturated carbocycles. The molecule has 3 rings (SSSR count). The first-order valence-corrected chi connectivity index (χ1v) is 7.31. The first kappa shape index (κ1) is 14.3. The van der Waals surface area contributed by atoms with E-state index in [2.05, 4.69) is 29.2 Å². The van der Waals surface area contributed by atoms with Crippen molar-refractivity contribution in [3.05, 3.63) is 65.7 Å². The Labute approximate surface area is 130 Å². The highest BCUT2D eigenvalue weighted by molar-refractivity contribution is 5.98. The van der Waals surface area contributed by atoms with Crippen LogP contribution in [-0.2, 0) is 6.42 Å². The maximum Gasteiger partial charge on any atom is 0.127 e. The minimum absolute atomic E-state index is 0.321. The van der Waals surface area contributed by atoms with Crippen LogP contribution < -0.4 is 10.6 Å². The molecule has 0 saturated heterocycles. The Hall–Kier alpha value is -2.68. The second kappa shape index (κ2) is 5.60. The molecule has 0 spiro atoms. The van der Waals surface area contributed by atoms with Gasteiger partial charge in [0.25, 0.3) is 0 Å². The van der Waals surface area contributed by atoms with Crippen LogP contribution in [0.2, 0.25) is 0 Å². The maximum atomic E-state index is 10.5. The minimum atomic E-state index is 0.321. The summed E-state index contributed by atoms with van der Waals surface area (Å²) in [5.41, 5.74) is 9.99. The number of benzene rings is 3. The van der Waals surface area contributed by atoms with Crippen molar-refractivity contribution < 1.29 is 5.11 Å². The monoisotopic (exact) mass is 292 g/mol. The van der Waals surface area contributed by atoms with E-state index in [4.69, 9.17) is 5.73 Å². The quantitative estimate of drug-likeness (QED) is 0.570. The molecule has 0 heterocycles. The van der Waals surface area contributed by atoms with Crippen molar-refractivity contribution in [1.29, 1.82) is 0 Å². The Balaban J connectivity index is 1.98. The van der Waals surface area contributed by atoms with Gasteiger partial charge in [-0.15, -0.1) is 0 Å². The Kier molecular flexibility index (Phi) is 3.63. The van der Waals surface area contributed by atoms with E-state index in [0.29, 0.717) is 17.9 Å². The van der Waals surface area contributed by atoms with E-state index in [9.17, 15) is 5.11 Å². The normalized spacial score (nSPS) is 10.8. The Bertz CT molecular complexity index is 808. The van der Waals surface area contributed by atoms with Gasteiger partial charge in [0.05, 0.1) is 0 Å². The number of hydrogen-bond acceptors (Lipinski definition) is 3. The number of phenolic OH excluding ortho intramolecular Hbond substituents is 1. The Morgan fingerprint density at radius 1 is 0.955 bits per heavy atom. The molecule has 22 heavy (non-hydrogen) atoms. The standard InChI is InChI=1S/C19H20N2O/c1-21(2)15-9-7-13(8-10-15)11-14-12-18(20)16-5-3-4-6-17(16)19(14)22/h3-10,12,22H,11,20H2,1-2H3. The number of anilines is 2. The van der Waals surface area contributed by atoms with Gasteiger partial charge in [0.2, 0.25) is 0 Å². The maximum absolute atomic E-state index is 10.5. The molecule has 112 valence electrons. The van der Waals surface area contributed by atoms with Crippen molar-refractivity contribution >= 4 is 22.1 Å². The summed E-state index contributed by atoms with van der Waals surface area (Å²) in [7, 11) is 4.04. The number of aromatic hydroxyl groups is 1. The number of nitrogens with two attached hydrogens (primary N) is 1. The molecule has 0 atom stereocenters. The van der Waals surface area contributed by atoms with Crippen LogP contribution in [0.15, 0.2) is 54.6 Å². The van der Waals surface area contributed by atoms with E-state index < -0.39 is 0 Å². The molecule has 3 aromatic rings. The van der Waals surface area contributed by atoms with Crippen molar-refractivity contribution in [1.82, 2.24) is 0 Å². The summed E-state index contributed by atoms with van der Waals surface area (Å²) in [6.07, 6.45) is 0.661. The average molecular weight is 292 g/mol. The third-order valence-corrected chi connectivity index (χ3v) is 3.97. The highest BCUT2D eigenvalue weighted by Crippen LogP contribution is 2.34. The van der Waals surface area contributed by atoms with Crippen molar-refractivity contribution in [3.8, 4) is 5.75 Å². The number of rotatable bonds is 3. The van der Waals surface area contributed by atoms with Crippen molar-refractivity contribution in [2.75, 3.05) is 24.7 Å². The highest BCUT2D eigenvalue weighted by atomic mass is 16.3. The van der Waals surface area contributed by atoms with Crippen LogP contribution in [0.5, 0.6) is 5.75 Å². The molecule has 0 radical (unpaired) electrons. The second-order valence-electron chi connectivity index (χ2n) is 5.76. The number of fused-ring (bicyclic) bond motifs is 1. The summed E-state index contributed by atoms with van der Waals surface area (Å²) < 4.78 is 0. The van der Waals surface area contributed by atoms with Crippen LogP contribution in [0.25, 0.3) is 10.8 Å². The molecule has 0 bridgehead atoms. The number of phenols is 1. The van der Waals surface area contributed by atoms with Crippen LogP contribution in [0.1, 0.15) is 11.1 Å². The lowest BCUT2D eigenvalue weighted by Gasteiger charge is -2.14. The van der Waals surface area contributed by atoms with Gasteiger partial charge in [-0.25, -0.2) is 0 Å². The van der Waals surface area contributed by atoms with E-state index in [1.165, 1.54) is 0 Å². The Morgan fingerprint density at radius 2 is 1.59 bits per heavy atom. The second-order valence-corrected chi connectivity index (χ2v) is 5.76. The summed E-state index contributed by atoms with van der Waals surface area (Å²) in [6.45, 7) is 0. The minimum Gasteiger partial charge on any atom is -0.507 e. The number of hydrogen-bond donors (Lipinski definition) is 2. The fourth-order valence-corrected chi connectivity index (χ4v) is 2.71.